The van der Waals surface area contributed by atoms with Crippen LogP contribution >= 0.6 is 0 Å². The van der Waals surface area contributed by atoms with E-state index in [1.165, 1.54) is 22.5 Å². The molecule has 6 nitrogen and oxygen atoms in total. The first-order valence-electron chi connectivity index (χ1n) is 7.63. The van der Waals surface area contributed by atoms with Crippen LogP contribution in [0.4, 0.5) is 4.39 Å². The Balaban J connectivity index is 2.02. The molecule has 1 atom stereocenters. The maximum atomic E-state index is 13.3. The Morgan fingerprint density at radius 3 is 2.52 bits per heavy atom. The number of carbonyl (C=O) groups excluding carboxylic acids is 1. The Bertz CT molecular complexity index is 658. The quantitative estimate of drug-likeness (QED) is 0.853. The molecule has 0 saturated carbocycles. The lowest BCUT2D eigenvalue weighted by atomic mass is 10.2. The van der Waals surface area contributed by atoms with Crippen molar-refractivity contribution in [2.24, 2.45) is 0 Å². The standard InChI is InChI=1S/C15H22FN3O3S/c1-3-17-15(20)12(2)18-7-9-19(10-8-18)23(21,22)14-6-4-5-13(16)11-14/h4-6,11-12H,3,7-10H2,1-2H3,(H,17,20)/t12-/m0/s1. The highest BCUT2D eigenvalue weighted by molar-refractivity contribution is 7.89. The van der Waals surface area contributed by atoms with Crippen LogP contribution in [0.3, 0.4) is 0 Å². The number of nitrogens with one attached hydrogen (secondary N) is 1. The average molecular weight is 343 g/mol. The highest BCUT2D eigenvalue weighted by Gasteiger charge is 2.31. The van der Waals surface area contributed by atoms with Crippen molar-refractivity contribution in [1.82, 2.24) is 14.5 Å². The summed E-state index contributed by atoms with van der Waals surface area (Å²) in [7, 11) is -3.70. The van der Waals surface area contributed by atoms with Gasteiger partial charge in [0.05, 0.1) is 10.9 Å². The Hall–Kier alpha value is -1.51. The molecule has 1 amide bonds. The van der Waals surface area contributed by atoms with Crippen LogP contribution in [0.2, 0.25) is 0 Å². The lowest BCUT2D eigenvalue weighted by Crippen LogP contribution is -2.54. The van der Waals surface area contributed by atoms with E-state index < -0.39 is 15.8 Å². The third kappa shape index (κ3) is 4.07. The van der Waals surface area contributed by atoms with E-state index in [1.54, 1.807) is 0 Å². The molecule has 1 aliphatic rings. The molecule has 0 aliphatic carbocycles. The van der Waals surface area contributed by atoms with Crippen LogP contribution in [0.1, 0.15) is 13.8 Å². The monoisotopic (exact) mass is 343 g/mol. The molecule has 0 unspecified atom stereocenters. The van der Waals surface area contributed by atoms with Gasteiger partial charge in [0.25, 0.3) is 0 Å². The van der Waals surface area contributed by atoms with Crippen molar-refractivity contribution in [3.05, 3.63) is 30.1 Å². The van der Waals surface area contributed by atoms with Crippen molar-refractivity contribution in [3.63, 3.8) is 0 Å². The maximum absolute atomic E-state index is 13.3. The van der Waals surface area contributed by atoms with Crippen molar-refractivity contribution in [1.29, 1.82) is 0 Å². The van der Waals surface area contributed by atoms with Crippen LogP contribution in [-0.2, 0) is 14.8 Å². The van der Waals surface area contributed by atoms with Gasteiger partial charge in [0.2, 0.25) is 15.9 Å². The zero-order valence-electron chi connectivity index (χ0n) is 13.3. The third-order valence-electron chi connectivity index (χ3n) is 3.99. The van der Waals surface area contributed by atoms with Gasteiger partial charge in [0.15, 0.2) is 0 Å². The lowest BCUT2D eigenvalue weighted by Gasteiger charge is -2.36. The van der Waals surface area contributed by atoms with Gasteiger partial charge in [-0.3, -0.25) is 9.69 Å². The summed E-state index contributed by atoms with van der Waals surface area (Å²) in [6.45, 7) is 5.72. The Morgan fingerprint density at radius 2 is 1.96 bits per heavy atom. The molecule has 2 rings (SSSR count). The number of sulfonamides is 1. The molecule has 1 N–H and O–H groups in total. The van der Waals surface area contributed by atoms with Crippen LogP contribution in [-0.4, -0.2) is 62.3 Å². The van der Waals surface area contributed by atoms with E-state index in [9.17, 15) is 17.6 Å². The summed E-state index contributed by atoms with van der Waals surface area (Å²) in [4.78, 5) is 13.8. The number of hydrogen-bond donors (Lipinski definition) is 1. The van der Waals surface area contributed by atoms with Crippen LogP contribution in [0.15, 0.2) is 29.2 Å². The number of halogens is 1. The first-order valence-corrected chi connectivity index (χ1v) is 9.07. The van der Waals surface area contributed by atoms with E-state index in [-0.39, 0.29) is 29.9 Å². The largest absolute Gasteiger partial charge is 0.355 e. The molecule has 8 heteroatoms. The smallest absolute Gasteiger partial charge is 0.243 e. The fourth-order valence-corrected chi connectivity index (χ4v) is 4.05. The highest BCUT2D eigenvalue weighted by Crippen LogP contribution is 2.19. The molecule has 0 aromatic heterocycles. The van der Waals surface area contributed by atoms with Gasteiger partial charge in [0.1, 0.15) is 5.82 Å². The zero-order chi connectivity index (χ0) is 17.0. The molecule has 0 spiro atoms. The van der Waals surface area contributed by atoms with Crippen molar-refractivity contribution in [2.75, 3.05) is 32.7 Å². The van der Waals surface area contributed by atoms with E-state index in [0.717, 1.165) is 6.07 Å². The number of piperazine rings is 1. The Kier molecular flexibility index (Phi) is 5.72. The highest BCUT2D eigenvalue weighted by atomic mass is 32.2. The van der Waals surface area contributed by atoms with Gasteiger partial charge >= 0.3 is 0 Å². The van der Waals surface area contributed by atoms with Crippen molar-refractivity contribution >= 4 is 15.9 Å². The SMILES string of the molecule is CCNC(=O)[C@H](C)N1CCN(S(=O)(=O)c2cccc(F)c2)CC1. The van der Waals surface area contributed by atoms with E-state index in [0.29, 0.717) is 19.6 Å². The number of likely N-dealkylation sites (N-methyl/N-ethyl adjacent to an activating group) is 1. The molecule has 1 heterocycles. The minimum atomic E-state index is -3.70. The van der Waals surface area contributed by atoms with Gasteiger partial charge < -0.3 is 5.32 Å². The number of rotatable bonds is 5. The lowest BCUT2D eigenvalue weighted by molar-refractivity contribution is -0.126. The van der Waals surface area contributed by atoms with Gasteiger partial charge in [-0.05, 0) is 32.0 Å². The first-order chi connectivity index (χ1) is 10.9. The molecule has 0 bridgehead atoms. The minimum absolute atomic E-state index is 0.0391. The number of amides is 1. The summed E-state index contributed by atoms with van der Waals surface area (Å²) < 4.78 is 39.6. The van der Waals surface area contributed by atoms with Gasteiger partial charge in [-0.2, -0.15) is 4.31 Å². The second-order valence-corrected chi connectivity index (χ2v) is 7.41. The van der Waals surface area contributed by atoms with Crippen molar-refractivity contribution in [3.8, 4) is 0 Å². The summed E-state index contributed by atoms with van der Waals surface area (Å²) in [5.74, 6) is -0.636. The fourth-order valence-electron chi connectivity index (χ4n) is 2.60. The predicted molar refractivity (Wildman–Crippen MR) is 84.9 cm³/mol. The summed E-state index contributed by atoms with van der Waals surface area (Å²) >= 11 is 0. The van der Waals surface area contributed by atoms with Gasteiger partial charge in [0, 0.05) is 32.7 Å². The van der Waals surface area contributed by atoms with Crippen LogP contribution in [0.5, 0.6) is 0 Å². The number of hydrogen-bond acceptors (Lipinski definition) is 4. The molecular formula is C15H22FN3O3S. The number of carbonyl (C=O) groups is 1. The second kappa shape index (κ2) is 7.37. The Labute approximate surface area is 136 Å². The molecule has 1 fully saturated rings. The molecule has 128 valence electrons. The maximum Gasteiger partial charge on any atom is 0.243 e. The number of nitrogens with zero attached hydrogens (tertiary/aromatic N) is 2. The minimum Gasteiger partial charge on any atom is -0.355 e. The Morgan fingerprint density at radius 1 is 1.30 bits per heavy atom. The number of benzene rings is 1. The van der Waals surface area contributed by atoms with Gasteiger partial charge in [-0.15, -0.1) is 0 Å². The van der Waals surface area contributed by atoms with Crippen LogP contribution < -0.4 is 5.32 Å². The van der Waals surface area contributed by atoms with Crippen molar-refractivity contribution < 1.29 is 17.6 Å². The molecule has 1 aromatic carbocycles. The summed E-state index contributed by atoms with van der Waals surface area (Å²) in [6, 6.07) is 4.72. The van der Waals surface area contributed by atoms with Crippen LogP contribution in [0.25, 0.3) is 0 Å². The van der Waals surface area contributed by atoms with Crippen LogP contribution in [0, 0.1) is 5.82 Å². The van der Waals surface area contributed by atoms with Gasteiger partial charge in [-0.1, -0.05) is 6.07 Å². The molecule has 1 aliphatic heterocycles. The molecule has 1 aromatic rings. The molecule has 0 radical (unpaired) electrons. The second-order valence-electron chi connectivity index (χ2n) is 5.47. The van der Waals surface area contributed by atoms with E-state index in [1.807, 2.05) is 18.7 Å². The normalized spacial score (nSPS) is 18.6. The third-order valence-corrected chi connectivity index (χ3v) is 5.88. The summed E-state index contributed by atoms with van der Waals surface area (Å²) in [5.41, 5.74) is 0. The topological polar surface area (TPSA) is 69.7 Å². The predicted octanol–water partition coefficient (Wildman–Crippen LogP) is 0.657. The summed E-state index contributed by atoms with van der Waals surface area (Å²) in [6.07, 6.45) is 0. The molecular weight excluding hydrogens is 321 g/mol. The van der Waals surface area contributed by atoms with Crippen molar-refractivity contribution in [2.45, 2.75) is 24.8 Å². The first kappa shape index (κ1) is 17.8. The van der Waals surface area contributed by atoms with Gasteiger partial charge in [-0.25, -0.2) is 12.8 Å². The van der Waals surface area contributed by atoms with E-state index in [2.05, 4.69) is 5.32 Å². The molecule has 1 saturated heterocycles. The average Bonchev–Trinajstić information content (AvgIpc) is 2.54. The zero-order valence-corrected chi connectivity index (χ0v) is 14.1. The molecule has 23 heavy (non-hydrogen) atoms. The fraction of sp³-hybridized carbons (Fsp3) is 0.533. The van der Waals surface area contributed by atoms with E-state index in [4.69, 9.17) is 0 Å². The summed E-state index contributed by atoms with van der Waals surface area (Å²) in [5, 5.41) is 2.76. The van der Waals surface area contributed by atoms with E-state index >= 15 is 0 Å².